The monoisotopic (exact) mass is 281 g/mol. The van der Waals surface area contributed by atoms with E-state index in [2.05, 4.69) is 5.32 Å². The Balaban J connectivity index is 1.99. The van der Waals surface area contributed by atoms with Crippen LogP contribution in [0.25, 0.3) is 0 Å². The number of aromatic nitrogens is 1. The molecule has 1 fully saturated rings. The summed E-state index contributed by atoms with van der Waals surface area (Å²) >= 11 is 0. The highest BCUT2D eigenvalue weighted by Crippen LogP contribution is 2.19. The van der Waals surface area contributed by atoms with E-state index in [1.165, 1.54) is 24.7 Å². The molecule has 1 heterocycles. The van der Waals surface area contributed by atoms with Gasteiger partial charge in [0, 0.05) is 19.2 Å². The predicted molar refractivity (Wildman–Crippen MR) is 68.1 cm³/mol. The topological polar surface area (TPSA) is 103 Å². The van der Waals surface area contributed by atoms with E-state index in [0.29, 0.717) is 0 Å². The highest BCUT2D eigenvalue weighted by atomic mass is 16.6. The van der Waals surface area contributed by atoms with E-state index in [9.17, 15) is 19.7 Å². The average molecular weight is 281 g/mol. The van der Waals surface area contributed by atoms with Gasteiger partial charge in [-0.15, -0.1) is 0 Å². The van der Waals surface area contributed by atoms with Crippen LogP contribution in [0.3, 0.4) is 0 Å². The predicted octanol–water partition coefficient (Wildman–Crippen LogP) is 0.757. The van der Waals surface area contributed by atoms with Crippen LogP contribution in [0.5, 0.6) is 0 Å². The zero-order chi connectivity index (χ0) is 14.9. The molecule has 1 amide bonds. The molecule has 0 aliphatic heterocycles. The molecular weight excluding hydrogens is 266 g/mol. The van der Waals surface area contributed by atoms with Gasteiger partial charge in [-0.3, -0.25) is 14.9 Å². The number of nitro groups is 1. The molecule has 8 heteroatoms. The Morgan fingerprint density at radius 3 is 2.70 bits per heavy atom. The minimum Gasteiger partial charge on any atom is -0.448 e. The maximum Gasteiger partial charge on any atom is 0.355 e. The van der Waals surface area contributed by atoms with Crippen LogP contribution in [0.1, 0.15) is 30.3 Å². The summed E-state index contributed by atoms with van der Waals surface area (Å²) in [5.74, 6) is -1.12. The number of hydrogen-bond donors (Lipinski definition) is 1. The molecule has 8 nitrogen and oxygen atoms in total. The number of rotatable bonds is 5. The van der Waals surface area contributed by atoms with Crippen molar-refractivity contribution in [1.82, 2.24) is 9.88 Å². The minimum atomic E-state index is -0.933. The molecule has 1 unspecified atom stereocenters. The molecular formula is C12H15N3O5. The van der Waals surface area contributed by atoms with Gasteiger partial charge in [0.1, 0.15) is 5.69 Å². The standard InChI is InChI=1S/C12H15N3O5/c1-7(11(16)13-8-3-4-8)20-12(17)10-5-9(15(18)19)6-14(10)2/h5-8H,3-4H2,1-2H3,(H,13,16). The number of nitrogens with zero attached hydrogens (tertiary/aromatic N) is 2. The third-order valence-electron chi connectivity index (χ3n) is 2.99. The van der Waals surface area contributed by atoms with Crippen molar-refractivity contribution in [2.24, 2.45) is 7.05 Å². The van der Waals surface area contributed by atoms with E-state index >= 15 is 0 Å². The van der Waals surface area contributed by atoms with Crippen molar-refractivity contribution in [3.05, 3.63) is 28.1 Å². The van der Waals surface area contributed by atoms with Gasteiger partial charge in [0.2, 0.25) is 0 Å². The van der Waals surface area contributed by atoms with E-state index in [4.69, 9.17) is 4.74 Å². The molecule has 1 saturated carbocycles. The Bertz CT molecular complexity index is 561. The first kappa shape index (κ1) is 14.0. The van der Waals surface area contributed by atoms with Gasteiger partial charge in [0.05, 0.1) is 11.1 Å². The molecule has 0 radical (unpaired) electrons. The van der Waals surface area contributed by atoms with Gasteiger partial charge in [0.25, 0.3) is 11.6 Å². The molecule has 2 rings (SSSR count). The molecule has 1 aromatic rings. The fourth-order valence-corrected chi connectivity index (χ4v) is 1.67. The second-order valence-electron chi connectivity index (χ2n) is 4.78. The Morgan fingerprint density at radius 1 is 1.55 bits per heavy atom. The molecule has 0 saturated heterocycles. The third-order valence-corrected chi connectivity index (χ3v) is 2.99. The summed E-state index contributed by atoms with van der Waals surface area (Å²) in [6.07, 6.45) is 2.16. The van der Waals surface area contributed by atoms with Crippen LogP contribution < -0.4 is 5.32 Å². The van der Waals surface area contributed by atoms with Gasteiger partial charge >= 0.3 is 5.97 Å². The molecule has 0 bridgehead atoms. The zero-order valence-electron chi connectivity index (χ0n) is 11.2. The van der Waals surface area contributed by atoms with Crippen molar-refractivity contribution < 1.29 is 19.2 Å². The molecule has 1 atom stereocenters. The number of hydrogen-bond acceptors (Lipinski definition) is 5. The number of aryl methyl sites for hydroxylation is 1. The summed E-state index contributed by atoms with van der Waals surface area (Å²) < 4.78 is 6.30. The van der Waals surface area contributed by atoms with Crippen molar-refractivity contribution in [3.8, 4) is 0 Å². The number of carbonyl (C=O) groups is 2. The van der Waals surface area contributed by atoms with Crippen molar-refractivity contribution in [2.75, 3.05) is 0 Å². The summed E-state index contributed by atoms with van der Waals surface area (Å²) in [5.41, 5.74) is -0.169. The van der Waals surface area contributed by atoms with Crippen LogP contribution in [0.4, 0.5) is 5.69 Å². The fourth-order valence-electron chi connectivity index (χ4n) is 1.67. The van der Waals surface area contributed by atoms with Gasteiger partial charge in [-0.1, -0.05) is 0 Å². The van der Waals surface area contributed by atoms with Gasteiger partial charge in [0.15, 0.2) is 6.10 Å². The lowest BCUT2D eigenvalue weighted by atomic mass is 10.3. The van der Waals surface area contributed by atoms with Crippen LogP contribution in [0.15, 0.2) is 12.3 Å². The molecule has 108 valence electrons. The van der Waals surface area contributed by atoms with E-state index in [-0.39, 0.29) is 23.3 Å². The lowest BCUT2D eigenvalue weighted by Crippen LogP contribution is -2.37. The van der Waals surface area contributed by atoms with Crippen LogP contribution in [-0.4, -0.2) is 33.5 Å². The Labute approximate surface area is 114 Å². The fraction of sp³-hybridized carbons (Fsp3) is 0.500. The van der Waals surface area contributed by atoms with Crippen molar-refractivity contribution in [3.63, 3.8) is 0 Å². The Kier molecular flexibility index (Phi) is 3.73. The number of esters is 1. The molecule has 1 N–H and O–H groups in total. The Hall–Kier alpha value is -2.38. The highest BCUT2D eigenvalue weighted by molar-refractivity contribution is 5.91. The lowest BCUT2D eigenvalue weighted by Gasteiger charge is -2.13. The van der Waals surface area contributed by atoms with Gasteiger partial charge < -0.3 is 14.6 Å². The normalized spacial score (nSPS) is 15.5. The van der Waals surface area contributed by atoms with Crippen LogP contribution in [0.2, 0.25) is 0 Å². The van der Waals surface area contributed by atoms with E-state index in [1.807, 2.05) is 0 Å². The maximum absolute atomic E-state index is 11.9. The first-order valence-corrected chi connectivity index (χ1v) is 6.20. The number of ether oxygens (including phenoxy) is 1. The molecule has 1 aliphatic carbocycles. The first-order valence-electron chi connectivity index (χ1n) is 6.20. The summed E-state index contributed by atoms with van der Waals surface area (Å²) in [4.78, 5) is 33.6. The summed E-state index contributed by atoms with van der Waals surface area (Å²) in [6.45, 7) is 1.47. The number of amides is 1. The second kappa shape index (κ2) is 5.32. The average Bonchev–Trinajstić information content (AvgIpc) is 3.08. The van der Waals surface area contributed by atoms with E-state index in [1.54, 1.807) is 0 Å². The Morgan fingerprint density at radius 2 is 2.20 bits per heavy atom. The van der Waals surface area contributed by atoms with Gasteiger partial charge in [-0.25, -0.2) is 4.79 Å². The minimum absolute atomic E-state index is 0.0303. The van der Waals surface area contributed by atoms with Gasteiger partial charge in [-0.05, 0) is 19.8 Å². The first-order chi connectivity index (χ1) is 9.38. The summed E-state index contributed by atoms with van der Waals surface area (Å²) in [5, 5.41) is 13.3. The zero-order valence-corrected chi connectivity index (χ0v) is 11.2. The van der Waals surface area contributed by atoms with Crippen LogP contribution in [-0.2, 0) is 16.6 Å². The van der Waals surface area contributed by atoms with Crippen molar-refractivity contribution in [1.29, 1.82) is 0 Å². The van der Waals surface area contributed by atoms with E-state index < -0.39 is 17.0 Å². The quantitative estimate of drug-likeness (QED) is 0.487. The number of nitrogens with one attached hydrogen (secondary N) is 1. The number of carbonyl (C=O) groups excluding carboxylic acids is 2. The molecule has 0 spiro atoms. The lowest BCUT2D eigenvalue weighted by molar-refractivity contribution is -0.384. The smallest absolute Gasteiger partial charge is 0.355 e. The van der Waals surface area contributed by atoms with Crippen molar-refractivity contribution in [2.45, 2.75) is 31.9 Å². The summed E-state index contributed by atoms with van der Waals surface area (Å²) in [7, 11) is 1.50. The van der Waals surface area contributed by atoms with E-state index in [0.717, 1.165) is 18.9 Å². The van der Waals surface area contributed by atoms with Crippen LogP contribution in [0, 0.1) is 10.1 Å². The SMILES string of the molecule is CC(OC(=O)c1cc([N+](=O)[O-])cn1C)C(=O)NC1CC1. The highest BCUT2D eigenvalue weighted by Gasteiger charge is 2.28. The molecule has 1 aromatic heterocycles. The maximum atomic E-state index is 11.9. The largest absolute Gasteiger partial charge is 0.448 e. The van der Waals surface area contributed by atoms with Crippen molar-refractivity contribution >= 4 is 17.6 Å². The molecule has 1 aliphatic rings. The summed E-state index contributed by atoms with van der Waals surface area (Å²) in [6, 6.07) is 1.30. The molecule has 0 aromatic carbocycles. The van der Waals surface area contributed by atoms with Crippen LogP contribution >= 0.6 is 0 Å². The third kappa shape index (κ3) is 3.14. The van der Waals surface area contributed by atoms with Gasteiger partial charge in [-0.2, -0.15) is 0 Å². The second-order valence-corrected chi connectivity index (χ2v) is 4.78. The molecule has 20 heavy (non-hydrogen) atoms.